The number of ether oxygens (including phenoxy) is 2. The molecule has 14 heavy (non-hydrogen) atoms. The summed E-state index contributed by atoms with van der Waals surface area (Å²) in [5, 5.41) is 0. The summed E-state index contributed by atoms with van der Waals surface area (Å²) in [6.07, 6.45) is 1.63. The van der Waals surface area contributed by atoms with Crippen molar-refractivity contribution in [2.45, 2.75) is 20.1 Å². The second kappa shape index (κ2) is 6.59. The van der Waals surface area contributed by atoms with Gasteiger partial charge in [0, 0.05) is 18.7 Å². The summed E-state index contributed by atoms with van der Waals surface area (Å²) in [4.78, 5) is 0. The van der Waals surface area contributed by atoms with Gasteiger partial charge in [-0.15, -0.1) is 0 Å². The molecule has 0 aliphatic rings. The van der Waals surface area contributed by atoms with Crippen LogP contribution in [0.4, 0.5) is 0 Å². The van der Waals surface area contributed by atoms with E-state index in [2.05, 4.69) is 0 Å². The lowest BCUT2D eigenvalue weighted by atomic mass is 10.2. The highest BCUT2D eigenvalue weighted by atomic mass is 16.5. The van der Waals surface area contributed by atoms with E-state index in [1.165, 1.54) is 0 Å². The summed E-state index contributed by atoms with van der Waals surface area (Å²) < 4.78 is 15.7. The van der Waals surface area contributed by atoms with Gasteiger partial charge in [-0.2, -0.15) is 0 Å². The van der Waals surface area contributed by atoms with Crippen LogP contribution in [0.3, 0.4) is 0 Å². The van der Waals surface area contributed by atoms with Crippen LogP contribution in [0, 0.1) is 0 Å². The monoisotopic (exact) mass is 199 g/mol. The van der Waals surface area contributed by atoms with Crippen LogP contribution in [0.2, 0.25) is 0 Å². The van der Waals surface area contributed by atoms with Crippen molar-refractivity contribution in [1.29, 1.82) is 0 Å². The first-order valence-electron chi connectivity index (χ1n) is 4.79. The van der Waals surface area contributed by atoms with Crippen LogP contribution in [0.1, 0.15) is 18.2 Å². The molecule has 0 saturated carbocycles. The second-order valence-electron chi connectivity index (χ2n) is 2.82. The topological polar surface area (TPSA) is 57.6 Å². The zero-order valence-corrected chi connectivity index (χ0v) is 8.49. The summed E-state index contributed by atoms with van der Waals surface area (Å²) in [5.74, 6) is 0.809. The number of furan rings is 1. The number of rotatable bonds is 7. The van der Waals surface area contributed by atoms with Crippen molar-refractivity contribution in [3.63, 3.8) is 0 Å². The summed E-state index contributed by atoms with van der Waals surface area (Å²) in [6, 6.07) is 1.86. The lowest BCUT2D eigenvalue weighted by Crippen LogP contribution is -2.05. The molecular formula is C10H17NO3. The van der Waals surface area contributed by atoms with E-state index in [1.807, 2.05) is 13.0 Å². The van der Waals surface area contributed by atoms with Crippen LogP contribution >= 0.6 is 0 Å². The third-order valence-corrected chi connectivity index (χ3v) is 1.87. The van der Waals surface area contributed by atoms with Crippen molar-refractivity contribution in [1.82, 2.24) is 0 Å². The predicted molar refractivity (Wildman–Crippen MR) is 52.7 cm³/mol. The quantitative estimate of drug-likeness (QED) is 0.672. The number of hydrogen-bond acceptors (Lipinski definition) is 4. The zero-order valence-electron chi connectivity index (χ0n) is 8.49. The van der Waals surface area contributed by atoms with Crippen LogP contribution in [-0.4, -0.2) is 19.8 Å². The van der Waals surface area contributed by atoms with E-state index in [9.17, 15) is 0 Å². The maximum atomic E-state index is 5.51. The van der Waals surface area contributed by atoms with E-state index in [-0.39, 0.29) is 0 Å². The highest BCUT2D eigenvalue weighted by Crippen LogP contribution is 2.10. The molecule has 4 nitrogen and oxygen atoms in total. The van der Waals surface area contributed by atoms with Crippen molar-refractivity contribution in [3.8, 4) is 0 Å². The van der Waals surface area contributed by atoms with Gasteiger partial charge in [-0.3, -0.25) is 0 Å². The molecular weight excluding hydrogens is 182 g/mol. The lowest BCUT2D eigenvalue weighted by molar-refractivity contribution is 0.0387. The Balaban J connectivity index is 2.17. The van der Waals surface area contributed by atoms with Gasteiger partial charge in [0.15, 0.2) is 0 Å². The first-order valence-corrected chi connectivity index (χ1v) is 4.79. The Morgan fingerprint density at radius 3 is 2.86 bits per heavy atom. The third-order valence-electron chi connectivity index (χ3n) is 1.87. The summed E-state index contributed by atoms with van der Waals surface area (Å²) in [6.45, 7) is 4.83. The molecule has 2 N–H and O–H groups in total. The van der Waals surface area contributed by atoms with E-state index >= 15 is 0 Å². The van der Waals surface area contributed by atoms with Gasteiger partial charge < -0.3 is 19.6 Å². The van der Waals surface area contributed by atoms with E-state index in [1.54, 1.807) is 6.26 Å². The molecule has 0 spiro atoms. The summed E-state index contributed by atoms with van der Waals surface area (Å²) >= 11 is 0. The molecule has 0 fully saturated rings. The minimum absolute atomic E-state index is 0.465. The van der Waals surface area contributed by atoms with Crippen molar-refractivity contribution in [3.05, 3.63) is 23.7 Å². The maximum absolute atomic E-state index is 5.51. The van der Waals surface area contributed by atoms with Crippen LogP contribution in [0.15, 0.2) is 16.7 Å². The van der Waals surface area contributed by atoms with E-state index in [4.69, 9.17) is 19.6 Å². The maximum Gasteiger partial charge on any atom is 0.133 e. The molecule has 1 aromatic rings. The molecule has 0 aliphatic heterocycles. The summed E-state index contributed by atoms with van der Waals surface area (Å²) in [5.41, 5.74) is 6.51. The van der Waals surface area contributed by atoms with Crippen molar-refractivity contribution in [2.75, 3.05) is 19.8 Å². The average molecular weight is 199 g/mol. The molecule has 0 amide bonds. The fourth-order valence-electron chi connectivity index (χ4n) is 1.10. The Labute approximate surface area is 84.0 Å². The molecule has 0 saturated heterocycles. The van der Waals surface area contributed by atoms with Gasteiger partial charge in [0.1, 0.15) is 12.4 Å². The van der Waals surface area contributed by atoms with Gasteiger partial charge in [-0.1, -0.05) is 0 Å². The fraction of sp³-hybridized carbons (Fsp3) is 0.600. The van der Waals surface area contributed by atoms with Crippen LogP contribution < -0.4 is 5.73 Å². The average Bonchev–Trinajstić information content (AvgIpc) is 2.65. The zero-order chi connectivity index (χ0) is 10.2. The summed E-state index contributed by atoms with van der Waals surface area (Å²) in [7, 11) is 0. The van der Waals surface area contributed by atoms with Gasteiger partial charge in [0.25, 0.3) is 0 Å². The Kier molecular flexibility index (Phi) is 5.29. The Bertz CT molecular complexity index is 247. The minimum Gasteiger partial charge on any atom is -0.467 e. The SMILES string of the molecule is CCOCCOCc1occc1CN. The molecule has 1 heterocycles. The molecule has 4 heteroatoms. The van der Waals surface area contributed by atoms with E-state index in [0.29, 0.717) is 26.4 Å². The van der Waals surface area contributed by atoms with Crippen molar-refractivity contribution in [2.24, 2.45) is 5.73 Å². The van der Waals surface area contributed by atoms with Gasteiger partial charge >= 0.3 is 0 Å². The van der Waals surface area contributed by atoms with Crippen LogP contribution in [0.5, 0.6) is 0 Å². The number of nitrogens with two attached hydrogens (primary N) is 1. The van der Waals surface area contributed by atoms with Gasteiger partial charge in [-0.25, -0.2) is 0 Å². The Morgan fingerprint density at radius 2 is 2.14 bits per heavy atom. The largest absolute Gasteiger partial charge is 0.467 e. The minimum atomic E-state index is 0.465. The van der Waals surface area contributed by atoms with Gasteiger partial charge in [-0.05, 0) is 13.0 Å². The highest BCUT2D eigenvalue weighted by Gasteiger charge is 2.03. The molecule has 0 atom stereocenters. The first kappa shape index (κ1) is 11.2. The normalized spacial score (nSPS) is 10.7. The molecule has 0 unspecified atom stereocenters. The fourth-order valence-corrected chi connectivity index (χ4v) is 1.10. The Hall–Kier alpha value is -0.840. The molecule has 0 aliphatic carbocycles. The Morgan fingerprint density at radius 1 is 1.36 bits per heavy atom. The standard InChI is InChI=1S/C10H17NO3/c1-2-12-5-6-13-8-10-9(7-11)3-4-14-10/h3-4H,2,5-8,11H2,1H3. The lowest BCUT2D eigenvalue weighted by Gasteiger charge is -2.03. The molecule has 0 radical (unpaired) electrons. The van der Waals surface area contributed by atoms with E-state index in [0.717, 1.165) is 17.9 Å². The molecule has 1 rings (SSSR count). The van der Waals surface area contributed by atoms with Crippen molar-refractivity contribution >= 4 is 0 Å². The van der Waals surface area contributed by atoms with E-state index < -0.39 is 0 Å². The van der Waals surface area contributed by atoms with Crippen molar-refractivity contribution < 1.29 is 13.9 Å². The highest BCUT2D eigenvalue weighted by molar-refractivity contribution is 5.15. The smallest absolute Gasteiger partial charge is 0.133 e. The molecule has 0 bridgehead atoms. The second-order valence-corrected chi connectivity index (χ2v) is 2.82. The number of hydrogen-bond donors (Lipinski definition) is 1. The van der Waals surface area contributed by atoms with Crippen LogP contribution in [0.25, 0.3) is 0 Å². The molecule has 80 valence electrons. The third kappa shape index (κ3) is 3.49. The molecule has 0 aromatic carbocycles. The van der Waals surface area contributed by atoms with Crippen LogP contribution in [-0.2, 0) is 22.6 Å². The van der Waals surface area contributed by atoms with Gasteiger partial charge in [0.05, 0.1) is 19.5 Å². The predicted octanol–water partition coefficient (Wildman–Crippen LogP) is 1.29. The molecule has 1 aromatic heterocycles. The van der Waals surface area contributed by atoms with Gasteiger partial charge in [0.2, 0.25) is 0 Å². The first-order chi connectivity index (χ1) is 6.88.